The zero-order valence-corrected chi connectivity index (χ0v) is 9.60. The average molecular weight is 232 g/mol. The predicted molar refractivity (Wildman–Crippen MR) is 67.1 cm³/mol. The van der Waals surface area contributed by atoms with Crippen molar-refractivity contribution in [3.05, 3.63) is 60.7 Å². The van der Waals surface area contributed by atoms with Gasteiger partial charge in [0, 0.05) is 10.6 Å². The van der Waals surface area contributed by atoms with E-state index in [1.165, 1.54) is 0 Å². The first-order valence-electron chi connectivity index (χ1n) is 4.91. The zero-order valence-electron chi connectivity index (χ0n) is 8.71. The van der Waals surface area contributed by atoms with Crippen LogP contribution in [0.4, 0.5) is 0 Å². The first kappa shape index (κ1) is 11.1. The Morgan fingerprint density at radius 2 is 1.19 bits per heavy atom. The van der Waals surface area contributed by atoms with Gasteiger partial charge in [-0.3, -0.25) is 9.79 Å². The first-order valence-corrected chi connectivity index (χ1v) is 6.62. The van der Waals surface area contributed by atoms with Crippen LogP contribution in [0.15, 0.2) is 60.7 Å². The molecule has 0 heterocycles. The van der Waals surface area contributed by atoms with Crippen molar-refractivity contribution in [2.24, 2.45) is 5.90 Å². The van der Waals surface area contributed by atoms with E-state index in [0.717, 1.165) is 10.6 Å². The molecule has 0 unspecified atom stereocenters. The normalized spacial score (nSPS) is 11.3. The molecule has 0 saturated heterocycles. The summed E-state index contributed by atoms with van der Waals surface area (Å²) >= 11 is 0. The van der Waals surface area contributed by atoms with Crippen LogP contribution in [0.3, 0.4) is 0 Å². The number of hydrogen-bond donors (Lipinski definition) is 2. The summed E-state index contributed by atoms with van der Waals surface area (Å²) in [5, 5.41) is 10.1. The molecule has 0 amide bonds. The first-order chi connectivity index (χ1) is 7.77. The third-order valence-electron chi connectivity index (χ3n) is 2.40. The van der Waals surface area contributed by atoms with Crippen molar-refractivity contribution in [3.8, 4) is 0 Å². The van der Waals surface area contributed by atoms with E-state index in [9.17, 15) is 0 Å². The van der Waals surface area contributed by atoms with E-state index in [1.54, 1.807) is 0 Å². The van der Waals surface area contributed by atoms with E-state index in [1.807, 2.05) is 60.7 Å². The van der Waals surface area contributed by atoms with Gasteiger partial charge in [-0.05, 0) is 0 Å². The second kappa shape index (κ2) is 4.62. The molecule has 2 rings (SSSR count). The molecule has 0 aromatic heterocycles. The van der Waals surface area contributed by atoms with Gasteiger partial charge in [0.15, 0.2) is 7.28 Å². The molecule has 0 aliphatic heterocycles. The van der Waals surface area contributed by atoms with E-state index in [4.69, 9.17) is 15.7 Å². The molecule has 0 bridgehead atoms. The molecule has 0 radical (unpaired) electrons. The van der Waals surface area contributed by atoms with Gasteiger partial charge in [0.2, 0.25) is 0 Å². The van der Waals surface area contributed by atoms with E-state index < -0.39 is 7.28 Å². The monoisotopic (exact) mass is 232 g/mol. The topological polar surface area (TPSA) is 59.1 Å². The van der Waals surface area contributed by atoms with Crippen LogP contribution in [0.25, 0.3) is 0 Å². The SMILES string of the molecule is N=P(ON)(c1ccccc1)c1ccccc1. The molecule has 3 nitrogen and oxygen atoms in total. The van der Waals surface area contributed by atoms with Gasteiger partial charge in [0.05, 0.1) is 0 Å². The Hall–Kier alpha value is -1.41. The Bertz CT molecular complexity index is 455. The number of nitrogens with one attached hydrogen (secondary N) is 1. The van der Waals surface area contributed by atoms with Gasteiger partial charge in [0.1, 0.15) is 0 Å². The van der Waals surface area contributed by atoms with E-state index in [-0.39, 0.29) is 0 Å². The minimum Gasteiger partial charge on any atom is -0.284 e. The van der Waals surface area contributed by atoms with Gasteiger partial charge in [-0.15, -0.1) is 0 Å². The van der Waals surface area contributed by atoms with Crippen molar-refractivity contribution in [3.63, 3.8) is 0 Å². The van der Waals surface area contributed by atoms with Crippen LogP contribution in [-0.4, -0.2) is 0 Å². The largest absolute Gasteiger partial charge is 0.284 e. The number of benzene rings is 2. The van der Waals surface area contributed by atoms with Gasteiger partial charge in [-0.25, -0.2) is 5.90 Å². The lowest BCUT2D eigenvalue weighted by molar-refractivity contribution is 0.375. The highest BCUT2D eigenvalue weighted by Crippen LogP contribution is 2.43. The summed E-state index contributed by atoms with van der Waals surface area (Å²) in [6, 6.07) is 18.9. The van der Waals surface area contributed by atoms with E-state index >= 15 is 0 Å². The van der Waals surface area contributed by atoms with Gasteiger partial charge in [0.25, 0.3) is 0 Å². The maximum absolute atomic E-state index is 8.42. The Morgan fingerprint density at radius 3 is 1.50 bits per heavy atom. The molecule has 0 atom stereocenters. The molecule has 2 aromatic rings. The molecule has 16 heavy (non-hydrogen) atoms. The highest BCUT2D eigenvalue weighted by Gasteiger charge is 2.22. The van der Waals surface area contributed by atoms with Crippen molar-refractivity contribution in [2.45, 2.75) is 0 Å². The fourth-order valence-corrected chi connectivity index (χ4v) is 3.27. The lowest BCUT2D eigenvalue weighted by Crippen LogP contribution is -2.19. The number of rotatable bonds is 3. The lowest BCUT2D eigenvalue weighted by atomic mass is 10.4. The van der Waals surface area contributed by atoms with Gasteiger partial charge in [-0.1, -0.05) is 60.7 Å². The maximum atomic E-state index is 8.42. The maximum Gasteiger partial charge on any atom is 0.161 e. The van der Waals surface area contributed by atoms with Crippen LogP contribution in [0, 0.1) is 5.16 Å². The van der Waals surface area contributed by atoms with Gasteiger partial charge < -0.3 is 0 Å². The second-order valence-corrected chi connectivity index (χ2v) is 5.85. The fraction of sp³-hybridized carbons (Fsp3) is 0. The summed E-state index contributed by atoms with van der Waals surface area (Å²) in [6.07, 6.45) is 0. The Morgan fingerprint density at radius 1 is 0.812 bits per heavy atom. The molecule has 82 valence electrons. The Labute approximate surface area is 94.8 Å². The summed E-state index contributed by atoms with van der Waals surface area (Å²) in [7, 11) is -2.63. The molecular weight excluding hydrogens is 219 g/mol. The molecule has 0 aliphatic carbocycles. The van der Waals surface area contributed by atoms with Crippen LogP contribution >= 0.6 is 7.28 Å². The van der Waals surface area contributed by atoms with Crippen LogP contribution in [0.2, 0.25) is 0 Å². The van der Waals surface area contributed by atoms with Crippen molar-refractivity contribution >= 4 is 17.9 Å². The van der Waals surface area contributed by atoms with Crippen LogP contribution in [0.5, 0.6) is 0 Å². The van der Waals surface area contributed by atoms with Crippen molar-refractivity contribution in [2.75, 3.05) is 0 Å². The fourth-order valence-electron chi connectivity index (χ4n) is 1.55. The lowest BCUT2D eigenvalue weighted by Gasteiger charge is -2.19. The minimum atomic E-state index is -2.63. The summed E-state index contributed by atoms with van der Waals surface area (Å²) in [5.74, 6) is 5.33. The molecular formula is C12H13N2OP. The summed E-state index contributed by atoms with van der Waals surface area (Å²) < 4.78 is 4.99. The number of hydrogen-bond acceptors (Lipinski definition) is 3. The molecule has 4 heteroatoms. The van der Waals surface area contributed by atoms with E-state index in [2.05, 4.69) is 0 Å². The molecule has 0 spiro atoms. The average Bonchev–Trinajstić information content (AvgIpc) is 2.40. The van der Waals surface area contributed by atoms with Crippen LogP contribution < -0.4 is 16.5 Å². The smallest absolute Gasteiger partial charge is 0.161 e. The quantitative estimate of drug-likeness (QED) is 0.629. The molecule has 0 fully saturated rings. The summed E-state index contributed by atoms with van der Waals surface area (Å²) in [5.41, 5.74) is 0. The molecule has 0 saturated carbocycles. The van der Waals surface area contributed by atoms with Crippen molar-refractivity contribution in [1.82, 2.24) is 0 Å². The molecule has 0 aliphatic rings. The minimum absolute atomic E-state index is 0.823. The van der Waals surface area contributed by atoms with Crippen molar-refractivity contribution in [1.29, 1.82) is 5.16 Å². The highest BCUT2D eigenvalue weighted by atomic mass is 31.2. The van der Waals surface area contributed by atoms with Gasteiger partial charge >= 0.3 is 0 Å². The zero-order chi connectivity index (χ0) is 11.4. The third kappa shape index (κ3) is 1.93. The number of nitrogens with two attached hydrogens (primary N) is 1. The summed E-state index contributed by atoms with van der Waals surface area (Å²) in [6.45, 7) is 0. The second-order valence-electron chi connectivity index (χ2n) is 3.39. The van der Waals surface area contributed by atoms with Crippen molar-refractivity contribution < 1.29 is 4.62 Å². The Kier molecular flexibility index (Phi) is 3.20. The predicted octanol–water partition coefficient (Wildman–Crippen LogP) is 2.22. The third-order valence-corrected chi connectivity index (χ3v) is 4.76. The molecule has 2 aromatic carbocycles. The molecule has 3 N–H and O–H groups in total. The Balaban J connectivity index is 2.54. The van der Waals surface area contributed by atoms with Gasteiger partial charge in [-0.2, -0.15) is 0 Å². The summed E-state index contributed by atoms with van der Waals surface area (Å²) in [4.78, 5) is 0. The van der Waals surface area contributed by atoms with Crippen LogP contribution in [-0.2, 0) is 4.62 Å². The highest BCUT2D eigenvalue weighted by molar-refractivity contribution is 7.75. The van der Waals surface area contributed by atoms with Crippen LogP contribution in [0.1, 0.15) is 0 Å². The standard InChI is InChI=1S/C12H13N2OP/c13-15-16(14,11-7-3-1-4-8-11)12-9-5-2-6-10-12/h1-10,14H,13H2. The van der Waals surface area contributed by atoms with E-state index in [0.29, 0.717) is 0 Å².